The Morgan fingerprint density at radius 1 is 1.16 bits per heavy atom. The summed E-state index contributed by atoms with van der Waals surface area (Å²) in [5.41, 5.74) is 3.70. The highest BCUT2D eigenvalue weighted by atomic mass is 35.5. The zero-order chi connectivity index (χ0) is 22.3. The molecule has 0 atom stereocenters. The molecule has 0 saturated heterocycles. The van der Waals surface area contributed by atoms with Crippen LogP contribution < -0.4 is 5.43 Å². The smallest absolute Gasteiger partial charge is 0.250 e. The van der Waals surface area contributed by atoms with E-state index in [4.69, 9.17) is 11.6 Å². The summed E-state index contributed by atoms with van der Waals surface area (Å²) in [6, 6.07) is 14.1. The molecule has 1 heterocycles. The number of hydrogen-bond donors (Lipinski definition) is 1. The van der Waals surface area contributed by atoms with E-state index in [1.54, 1.807) is 18.2 Å². The Hall–Kier alpha value is -2.71. The largest absolute Gasteiger partial charge is 0.299 e. The molecule has 1 aromatic heterocycles. The number of nitrogens with zero attached hydrogens (tertiary/aromatic N) is 4. The molecule has 1 amide bonds. The number of halogens is 2. The maximum atomic E-state index is 13.6. The molecule has 1 fully saturated rings. The number of amides is 1. The third-order valence-corrected chi connectivity index (χ3v) is 6.53. The zero-order valence-electron chi connectivity index (χ0n) is 17.4. The molecule has 9 heteroatoms. The van der Waals surface area contributed by atoms with Gasteiger partial charge in [0.05, 0.1) is 12.0 Å². The van der Waals surface area contributed by atoms with Gasteiger partial charge in [0.2, 0.25) is 0 Å². The molecule has 0 spiro atoms. The Labute approximate surface area is 195 Å². The second-order valence-electron chi connectivity index (χ2n) is 7.58. The van der Waals surface area contributed by atoms with Gasteiger partial charge in [-0.05, 0) is 43.2 Å². The highest BCUT2D eigenvalue weighted by Gasteiger charge is 2.24. The molecule has 0 radical (unpaired) electrons. The van der Waals surface area contributed by atoms with E-state index < -0.39 is 5.82 Å². The summed E-state index contributed by atoms with van der Waals surface area (Å²) < 4.78 is 15.8. The van der Waals surface area contributed by atoms with Gasteiger partial charge in [-0.3, -0.25) is 9.36 Å². The first-order valence-electron chi connectivity index (χ1n) is 10.5. The first-order chi connectivity index (χ1) is 15.6. The van der Waals surface area contributed by atoms with Crippen molar-refractivity contribution in [2.75, 3.05) is 5.75 Å². The SMILES string of the molecule is O=C(CSc1nnc(-c2ccc(Cl)cc2)n1C1CCCCC1)NN=Cc1ccccc1F. The maximum Gasteiger partial charge on any atom is 0.250 e. The summed E-state index contributed by atoms with van der Waals surface area (Å²) in [6.07, 6.45) is 6.98. The molecule has 2 aromatic carbocycles. The Morgan fingerprint density at radius 3 is 2.66 bits per heavy atom. The second-order valence-corrected chi connectivity index (χ2v) is 8.96. The lowest BCUT2D eigenvalue weighted by molar-refractivity contribution is -0.118. The van der Waals surface area contributed by atoms with Crippen molar-refractivity contribution in [3.8, 4) is 11.4 Å². The summed E-state index contributed by atoms with van der Waals surface area (Å²) >= 11 is 7.36. The van der Waals surface area contributed by atoms with E-state index in [1.165, 1.54) is 30.5 Å². The summed E-state index contributed by atoms with van der Waals surface area (Å²) in [5, 5.41) is 14.0. The van der Waals surface area contributed by atoms with Crippen LogP contribution >= 0.6 is 23.4 Å². The third kappa shape index (κ3) is 5.55. The van der Waals surface area contributed by atoms with E-state index >= 15 is 0 Å². The second kappa shape index (κ2) is 10.7. The summed E-state index contributed by atoms with van der Waals surface area (Å²) in [6.45, 7) is 0. The van der Waals surface area contributed by atoms with Crippen molar-refractivity contribution in [1.29, 1.82) is 0 Å². The number of thioether (sulfide) groups is 1. The van der Waals surface area contributed by atoms with Crippen LogP contribution in [0.25, 0.3) is 11.4 Å². The number of benzene rings is 2. The zero-order valence-corrected chi connectivity index (χ0v) is 18.9. The molecule has 0 bridgehead atoms. The minimum absolute atomic E-state index is 0.125. The van der Waals surface area contributed by atoms with E-state index in [1.807, 2.05) is 24.3 Å². The van der Waals surface area contributed by atoms with Crippen LogP contribution in [0, 0.1) is 5.82 Å². The van der Waals surface area contributed by atoms with Crippen LogP contribution in [0.5, 0.6) is 0 Å². The topological polar surface area (TPSA) is 72.2 Å². The molecule has 6 nitrogen and oxygen atoms in total. The maximum absolute atomic E-state index is 13.6. The number of carbonyl (C=O) groups is 1. The minimum Gasteiger partial charge on any atom is -0.299 e. The van der Waals surface area contributed by atoms with Crippen molar-refractivity contribution in [3.63, 3.8) is 0 Å². The lowest BCUT2D eigenvalue weighted by atomic mass is 9.95. The van der Waals surface area contributed by atoms with Crippen molar-refractivity contribution >= 4 is 35.5 Å². The molecular weight excluding hydrogens is 449 g/mol. The number of nitrogens with one attached hydrogen (secondary N) is 1. The molecule has 1 saturated carbocycles. The van der Waals surface area contributed by atoms with Crippen LogP contribution in [-0.2, 0) is 4.79 Å². The Bertz CT molecular complexity index is 1100. The van der Waals surface area contributed by atoms with Crippen molar-refractivity contribution < 1.29 is 9.18 Å². The molecule has 0 unspecified atom stereocenters. The number of hydrazone groups is 1. The van der Waals surface area contributed by atoms with E-state index in [2.05, 4.69) is 25.3 Å². The predicted molar refractivity (Wildman–Crippen MR) is 125 cm³/mol. The first kappa shape index (κ1) is 22.5. The monoisotopic (exact) mass is 471 g/mol. The highest BCUT2D eigenvalue weighted by Crippen LogP contribution is 2.35. The number of carbonyl (C=O) groups excluding carboxylic acids is 1. The fourth-order valence-corrected chi connectivity index (χ4v) is 4.68. The molecule has 32 heavy (non-hydrogen) atoms. The molecule has 1 aliphatic carbocycles. The van der Waals surface area contributed by atoms with Gasteiger partial charge < -0.3 is 0 Å². The summed E-state index contributed by atoms with van der Waals surface area (Å²) in [7, 11) is 0. The Kier molecular flexibility index (Phi) is 7.55. The van der Waals surface area contributed by atoms with Gasteiger partial charge >= 0.3 is 0 Å². The van der Waals surface area contributed by atoms with Crippen LogP contribution in [0.2, 0.25) is 5.02 Å². The predicted octanol–water partition coefficient (Wildman–Crippen LogP) is 5.49. The van der Waals surface area contributed by atoms with Gasteiger partial charge in [-0.25, -0.2) is 9.82 Å². The van der Waals surface area contributed by atoms with Crippen molar-refractivity contribution in [2.45, 2.75) is 43.3 Å². The Balaban J connectivity index is 1.46. The minimum atomic E-state index is -0.393. The normalized spacial score (nSPS) is 14.7. The highest BCUT2D eigenvalue weighted by molar-refractivity contribution is 7.99. The van der Waals surface area contributed by atoms with E-state index in [0.29, 0.717) is 21.8 Å². The lowest BCUT2D eigenvalue weighted by Crippen LogP contribution is -2.21. The van der Waals surface area contributed by atoms with Gasteiger partial charge in [-0.1, -0.05) is 60.8 Å². The van der Waals surface area contributed by atoms with Crippen LogP contribution in [0.4, 0.5) is 4.39 Å². The fraction of sp³-hybridized carbons (Fsp3) is 0.304. The first-order valence-corrected chi connectivity index (χ1v) is 11.9. The standard InChI is InChI=1S/C23H23ClFN5OS/c24-18-12-10-16(11-13-18)22-28-29-23(30(22)19-7-2-1-3-8-19)32-15-21(31)27-26-14-17-6-4-5-9-20(17)25/h4-6,9-14,19H,1-3,7-8,15H2,(H,27,31). The van der Waals surface area contributed by atoms with Gasteiger partial charge in [0, 0.05) is 22.2 Å². The van der Waals surface area contributed by atoms with Crippen LogP contribution in [0.1, 0.15) is 43.7 Å². The van der Waals surface area contributed by atoms with E-state index in [0.717, 1.165) is 37.1 Å². The molecule has 3 aromatic rings. The quantitative estimate of drug-likeness (QED) is 0.281. The average molecular weight is 472 g/mol. The summed E-state index contributed by atoms with van der Waals surface area (Å²) in [5.74, 6) is 0.221. The van der Waals surface area contributed by atoms with Gasteiger partial charge in [0.25, 0.3) is 5.91 Å². The third-order valence-electron chi connectivity index (χ3n) is 5.34. The van der Waals surface area contributed by atoms with Crippen molar-refractivity contribution in [3.05, 3.63) is 64.9 Å². The van der Waals surface area contributed by atoms with E-state index in [-0.39, 0.29) is 11.7 Å². The number of rotatable bonds is 7. The molecule has 0 aliphatic heterocycles. The fourth-order valence-electron chi connectivity index (χ4n) is 3.76. The molecule has 4 rings (SSSR count). The Morgan fingerprint density at radius 2 is 1.91 bits per heavy atom. The van der Waals surface area contributed by atoms with Crippen molar-refractivity contribution in [2.24, 2.45) is 5.10 Å². The number of aromatic nitrogens is 3. The van der Waals surface area contributed by atoms with E-state index in [9.17, 15) is 9.18 Å². The molecular formula is C23H23ClFN5OS. The molecule has 1 aliphatic rings. The lowest BCUT2D eigenvalue weighted by Gasteiger charge is -2.25. The molecule has 1 N–H and O–H groups in total. The van der Waals surface area contributed by atoms with Gasteiger partial charge in [-0.15, -0.1) is 10.2 Å². The van der Waals surface area contributed by atoms with Crippen LogP contribution in [0.15, 0.2) is 58.8 Å². The number of hydrogen-bond acceptors (Lipinski definition) is 5. The van der Waals surface area contributed by atoms with Gasteiger partial charge in [0.1, 0.15) is 5.82 Å². The summed E-state index contributed by atoms with van der Waals surface area (Å²) in [4.78, 5) is 12.3. The van der Waals surface area contributed by atoms with Gasteiger partial charge in [-0.2, -0.15) is 5.10 Å². The average Bonchev–Trinajstić information content (AvgIpc) is 3.24. The van der Waals surface area contributed by atoms with Crippen LogP contribution in [0.3, 0.4) is 0 Å². The van der Waals surface area contributed by atoms with Gasteiger partial charge in [0.15, 0.2) is 11.0 Å². The van der Waals surface area contributed by atoms with Crippen LogP contribution in [-0.4, -0.2) is 32.6 Å². The molecule has 166 valence electrons. The van der Waals surface area contributed by atoms with Crippen molar-refractivity contribution in [1.82, 2.24) is 20.2 Å².